The van der Waals surface area contributed by atoms with Gasteiger partial charge in [-0.05, 0) is 49.1 Å². The molecule has 2 N–H and O–H groups in total. The molecule has 2 atom stereocenters. The maximum atomic E-state index is 14.1. The molecule has 0 bridgehead atoms. The molecule has 13 heteroatoms. The first-order valence-electron chi connectivity index (χ1n) is 11.9. The first kappa shape index (κ1) is 29.2. The van der Waals surface area contributed by atoms with Gasteiger partial charge in [0.25, 0.3) is 5.91 Å². The Balaban J connectivity index is 1.92. The van der Waals surface area contributed by atoms with E-state index in [1.54, 1.807) is 6.07 Å². The van der Waals surface area contributed by atoms with Crippen LogP contribution in [-0.4, -0.2) is 55.0 Å². The zero-order valence-corrected chi connectivity index (χ0v) is 21.2. The van der Waals surface area contributed by atoms with Gasteiger partial charge < -0.3 is 5.32 Å². The molecule has 1 saturated carbocycles. The molecular formula is C25H27F4N3O5S. The summed E-state index contributed by atoms with van der Waals surface area (Å²) in [5.41, 5.74) is 1.54. The van der Waals surface area contributed by atoms with E-state index in [0.29, 0.717) is 17.9 Å². The molecule has 8 nitrogen and oxygen atoms in total. The van der Waals surface area contributed by atoms with Crippen molar-refractivity contribution in [2.24, 2.45) is 0 Å². The van der Waals surface area contributed by atoms with Gasteiger partial charge in [0.05, 0.1) is 10.6 Å². The van der Waals surface area contributed by atoms with Gasteiger partial charge in [-0.25, -0.2) is 18.2 Å². The number of amides is 2. The Kier molecular flexibility index (Phi) is 9.26. The first-order valence-corrected chi connectivity index (χ1v) is 13.5. The third kappa shape index (κ3) is 7.60. The Morgan fingerprint density at radius 2 is 1.63 bits per heavy atom. The van der Waals surface area contributed by atoms with Crippen molar-refractivity contribution in [1.29, 1.82) is 0 Å². The summed E-state index contributed by atoms with van der Waals surface area (Å²) in [6, 6.07) is 6.06. The van der Waals surface area contributed by atoms with Crippen LogP contribution >= 0.6 is 0 Å². The van der Waals surface area contributed by atoms with Crippen molar-refractivity contribution in [3.05, 3.63) is 66.0 Å². The lowest BCUT2D eigenvalue weighted by Gasteiger charge is -2.35. The normalized spacial score (nSPS) is 15.4. The monoisotopic (exact) mass is 557 g/mol. The number of benzene rings is 2. The van der Waals surface area contributed by atoms with Gasteiger partial charge in [-0.2, -0.15) is 13.2 Å². The Bertz CT molecular complexity index is 1250. The third-order valence-corrected chi connectivity index (χ3v) is 7.62. The lowest BCUT2D eigenvalue weighted by Crippen LogP contribution is -2.58. The first-order chi connectivity index (χ1) is 17.8. The predicted molar refractivity (Wildman–Crippen MR) is 129 cm³/mol. The number of nitrogens with one attached hydrogen (secondary N) is 2. The summed E-state index contributed by atoms with van der Waals surface area (Å²) >= 11 is 0. The van der Waals surface area contributed by atoms with Crippen LogP contribution in [-0.2, 0) is 24.2 Å². The fourth-order valence-corrected chi connectivity index (χ4v) is 4.93. The zero-order valence-electron chi connectivity index (χ0n) is 20.4. The highest BCUT2D eigenvalue weighted by Gasteiger charge is 2.45. The van der Waals surface area contributed by atoms with Crippen molar-refractivity contribution in [1.82, 2.24) is 15.8 Å². The van der Waals surface area contributed by atoms with Gasteiger partial charge in [0.1, 0.15) is 17.9 Å². The number of nitrogens with zero attached hydrogens (tertiary/aromatic N) is 1. The van der Waals surface area contributed by atoms with Crippen molar-refractivity contribution in [2.45, 2.75) is 61.8 Å². The van der Waals surface area contributed by atoms with E-state index in [-0.39, 0.29) is 17.4 Å². The van der Waals surface area contributed by atoms with E-state index in [4.69, 9.17) is 0 Å². The van der Waals surface area contributed by atoms with E-state index in [0.717, 1.165) is 24.3 Å². The summed E-state index contributed by atoms with van der Waals surface area (Å²) in [4.78, 5) is 38.5. The molecule has 1 aliphatic carbocycles. The summed E-state index contributed by atoms with van der Waals surface area (Å²) in [7, 11) is -3.98. The molecule has 0 unspecified atom stereocenters. The third-order valence-electron chi connectivity index (χ3n) is 5.89. The second kappa shape index (κ2) is 12.0. The quantitative estimate of drug-likeness (QED) is 0.235. The second-order valence-electron chi connectivity index (χ2n) is 8.84. The van der Waals surface area contributed by atoms with Gasteiger partial charge in [-0.3, -0.25) is 19.4 Å². The molecule has 1 aliphatic rings. The lowest BCUT2D eigenvalue weighted by molar-refractivity contribution is -0.178. The van der Waals surface area contributed by atoms with Crippen LogP contribution in [0.2, 0.25) is 0 Å². The number of Topliss-reactive ketones (excluding diaryl/α,β-unsaturated/α-hetero) is 1. The number of carbonyl (C=O) groups is 3. The van der Waals surface area contributed by atoms with Crippen molar-refractivity contribution in [2.75, 3.05) is 5.75 Å². The molecule has 1 fully saturated rings. The topological polar surface area (TPSA) is 113 Å². The number of carbonyl (C=O) groups excluding carboxylic acids is 3. The van der Waals surface area contributed by atoms with Crippen LogP contribution < -0.4 is 10.7 Å². The fraction of sp³-hybridized carbons (Fsp3) is 0.400. The van der Waals surface area contributed by atoms with Gasteiger partial charge in [-0.15, -0.1) is 0 Å². The minimum Gasteiger partial charge on any atom is -0.347 e. The van der Waals surface area contributed by atoms with Crippen molar-refractivity contribution >= 4 is 27.4 Å². The van der Waals surface area contributed by atoms with Crippen LogP contribution in [0.5, 0.6) is 0 Å². The van der Waals surface area contributed by atoms with E-state index < -0.39 is 69.2 Å². The number of hydrogen-bond acceptors (Lipinski definition) is 6. The summed E-state index contributed by atoms with van der Waals surface area (Å²) < 4.78 is 80.9. The standard InChI is InChI=1S/C25H27F4N3O5S/c1-2-20(22(34)24(35)30-18-12-13-18)32(21(33)14-15-38(36,37)19-6-4-3-5-7-19)31-23(25(27,28)29)16-8-10-17(26)11-9-16/h3-11,18,20,23,31H,2,12-15H2,1H3,(H,30,35)/t20-,23-/m0/s1. The maximum absolute atomic E-state index is 14.1. The van der Waals surface area contributed by atoms with E-state index in [9.17, 15) is 40.4 Å². The van der Waals surface area contributed by atoms with Crippen LogP contribution in [0.25, 0.3) is 0 Å². The van der Waals surface area contributed by atoms with Gasteiger partial charge >= 0.3 is 6.18 Å². The molecule has 0 aromatic heterocycles. The van der Waals surface area contributed by atoms with Crippen molar-refractivity contribution in [3.8, 4) is 0 Å². The number of ketones is 1. The predicted octanol–water partition coefficient (Wildman–Crippen LogP) is 3.25. The minimum absolute atomic E-state index is 0.0845. The largest absolute Gasteiger partial charge is 0.409 e. The fourth-order valence-electron chi connectivity index (χ4n) is 3.68. The highest BCUT2D eigenvalue weighted by molar-refractivity contribution is 7.91. The van der Waals surface area contributed by atoms with Crippen LogP contribution in [0.1, 0.15) is 44.2 Å². The van der Waals surface area contributed by atoms with Gasteiger partial charge in [0.2, 0.25) is 11.7 Å². The Labute approximate surface area is 217 Å². The molecule has 206 valence electrons. The van der Waals surface area contributed by atoms with Crippen molar-refractivity contribution < 1.29 is 40.4 Å². The highest BCUT2D eigenvalue weighted by Crippen LogP contribution is 2.33. The molecular weight excluding hydrogens is 530 g/mol. The number of alkyl halides is 3. The van der Waals surface area contributed by atoms with Gasteiger partial charge in [-0.1, -0.05) is 37.3 Å². The molecule has 2 aromatic rings. The Hall–Kier alpha value is -3.32. The number of hydrazine groups is 1. The smallest absolute Gasteiger partial charge is 0.347 e. The molecule has 0 spiro atoms. The molecule has 0 aliphatic heterocycles. The van der Waals surface area contributed by atoms with E-state index in [1.807, 2.05) is 5.43 Å². The summed E-state index contributed by atoms with van der Waals surface area (Å²) in [6.45, 7) is 1.40. The average molecular weight is 558 g/mol. The molecule has 0 heterocycles. The molecule has 0 radical (unpaired) electrons. The summed E-state index contributed by atoms with van der Waals surface area (Å²) in [5.74, 6) is -4.88. The maximum Gasteiger partial charge on any atom is 0.409 e. The molecule has 38 heavy (non-hydrogen) atoms. The number of sulfone groups is 1. The van der Waals surface area contributed by atoms with E-state index in [2.05, 4.69) is 5.32 Å². The van der Waals surface area contributed by atoms with Gasteiger partial charge in [0.15, 0.2) is 9.84 Å². The number of halogens is 4. The molecule has 0 saturated heterocycles. The average Bonchev–Trinajstić information content (AvgIpc) is 3.69. The van der Waals surface area contributed by atoms with Crippen LogP contribution in [0.3, 0.4) is 0 Å². The van der Waals surface area contributed by atoms with Crippen LogP contribution in [0.15, 0.2) is 59.5 Å². The second-order valence-corrected chi connectivity index (χ2v) is 10.9. The van der Waals surface area contributed by atoms with Crippen LogP contribution in [0, 0.1) is 5.82 Å². The highest BCUT2D eigenvalue weighted by atomic mass is 32.2. The number of hydrogen-bond donors (Lipinski definition) is 2. The Morgan fingerprint density at radius 3 is 2.16 bits per heavy atom. The Morgan fingerprint density at radius 1 is 1.03 bits per heavy atom. The molecule has 2 aromatic carbocycles. The number of rotatable bonds is 12. The van der Waals surface area contributed by atoms with Gasteiger partial charge in [0, 0.05) is 12.5 Å². The summed E-state index contributed by atoms with van der Waals surface area (Å²) in [5, 5.41) is 2.83. The minimum atomic E-state index is -5.01. The van der Waals surface area contributed by atoms with E-state index >= 15 is 0 Å². The van der Waals surface area contributed by atoms with Crippen molar-refractivity contribution in [3.63, 3.8) is 0 Å². The molecule has 3 rings (SSSR count). The SMILES string of the molecule is CC[C@@H](C(=O)C(=O)NC1CC1)N(N[C@@H](c1ccc(F)cc1)C(F)(F)F)C(=O)CCS(=O)(=O)c1ccccc1. The van der Waals surface area contributed by atoms with Crippen LogP contribution in [0.4, 0.5) is 17.6 Å². The van der Waals surface area contributed by atoms with E-state index in [1.165, 1.54) is 31.2 Å². The molecule has 2 amide bonds. The summed E-state index contributed by atoms with van der Waals surface area (Å²) in [6.07, 6.45) is -4.73. The lowest BCUT2D eigenvalue weighted by atomic mass is 10.1. The zero-order chi connectivity index (χ0) is 28.1.